The van der Waals surface area contributed by atoms with Crippen molar-refractivity contribution in [3.05, 3.63) is 71.1 Å². The number of anilines is 1. The second-order valence-electron chi connectivity index (χ2n) is 5.19. The fraction of sp³-hybridized carbons (Fsp3) is 0.118. The van der Waals surface area contributed by atoms with Gasteiger partial charge in [0.2, 0.25) is 0 Å². The van der Waals surface area contributed by atoms with Gasteiger partial charge in [-0.1, -0.05) is 29.8 Å². The van der Waals surface area contributed by atoms with Crippen molar-refractivity contribution >= 4 is 17.4 Å². The first-order valence-electron chi connectivity index (χ1n) is 7.27. The maximum atomic E-state index is 12.9. The Balaban J connectivity index is 1.87. The van der Waals surface area contributed by atoms with Gasteiger partial charge in [-0.2, -0.15) is 13.2 Å². The Morgan fingerprint density at radius 2 is 1.88 bits per heavy atom. The Morgan fingerprint density at radius 3 is 2.60 bits per heavy atom. The zero-order valence-electron chi connectivity index (χ0n) is 12.8. The molecule has 0 spiro atoms. The van der Waals surface area contributed by atoms with Crippen molar-refractivity contribution in [2.75, 3.05) is 5.32 Å². The first kappa shape index (κ1) is 17.2. The molecule has 0 saturated heterocycles. The third-order valence-corrected chi connectivity index (χ3v) is 3.53. The van der Waals surface area contributed by atoms with Crippen LogP contribution in [-0.4, -0.2) is 15.0 Å². The minimum absolute atomic E-state index is 0.118. The second-order valence-corrected chi connectivity index (χ2v) is 5.58. The summed E-state index contributed by atoms with van der Waals surface area (Å²) in [6, 6.07) is 10.0. The van der Waals surface area contributed by atoms with Crippen LogP contribution in [0.5, 0.6) is 0 Å². The SMILES string of the molecule is FC(F)(F)c1cccc(-c2nc(Cl)cc(NCc3cccnc3)n2)c1. The molecular weight excluding hydrogens is 353 g/mol. The number of rotatable bonds is 4. The Labute approximate surface area is 146 Å². The summed E-state index contributed by atoms with van der Waals surface area (Å²) < 4.78 is 38.6. The molecule has 2 heterocycles. The standard InChI is InChI=1S/C17H12ClF3N4/c18-14-8-15(23-10-11-3-2-6-22-9-11)25-16(24-14)12-4-1-5-13(7-12)17(19,20)21/h1-9H,10H2,(H,23,24,25). The first-order chi connectivity index (χ1) is 11.9. The zero-order chi connectivity index (χ0) is 17.9. The fourth-order valence-corrected chi connectivity index (χ4v) is 2.35. The predicted octanol–water partition coefficient (Wildman–Crippen LogP) is 4.82. The predicted molar refractivity (Wildman–Crippen MR) is 89.0 cm³/mol. The minimum atomic E-state index is -4.43. The van der Waals surface area contributed by atoms with E-state index in [1.807, 2.05) is 6.07 Å². The maximum absolute atomic E-state index is 12.9. The van der Waals surface area contributed by atoms with E-state index < -0.39 is 11.7 Å². The van der Waals surface area contributed by atoms with Gasteiger partial charge in [0.25, 0.3) is 0 Å². The van der Waals surface area contributed by atoms with Crippen LogP contribution in [0.1, 0.15) is 11.1 Å². The van der Waals surface area contributed by atoms with Gasteiger partial charge in [0.05, 0.1) is 5.56 Å². The highest BCUT2D eigenvalue weighted by Crippen LogP contribution is 2.31. The van der Waals surface area contributed by atoms with E-state index in [-0.39, 0.29) is 16.5 Å². The number of hydrogen-bond donors (Lipinski definition) is 1. The summed E-state index contributed by atoms with van der Waals surface area (Å²) >= 11 is 5.99. The van der Waals surface area contributed by atoms with Crippen molar-refractivity contribution < 1.29 is 13.2 Å². The van der Waals surface area contributed by atoms with Crippen LogP contribution >= 0.6 is 11.6 Å². The zero-order valence-corrected chi connectivity index (χ0v) is 13.5. The largest absolute Gasteiger partial charge is 0.416 e. The lowest BCUT2D eigenvalue weighted by molar-refractivity contribution is -0.137. The Kier molecular flexibility index (Phi) is 4.85. The number of pyridine rings is 1. The molecule has 0 saturated carbocycles. The summed E-state index contributed by atoms with van der Waals surface area (Å²) in [4.78, 5) is 12.3. The average molecular weight is 365 g/mol. The number of aromatic nitrogens is 3. The van der Waals surface area contributed by atoms with Crippen molar-refractivity contribution in [2.24, 2.45) is 0 Å². The third kappa shape index (κ3) is 4.45. The highest BCUT2D eigenvalue weighted by molar-refractivity contribution is 6.29. The number of hydrogen-bond acceptors (Lipinski definition) is 4. The third-order valence-electron chi connectivity index (χ3n) is 3.34. The first-order valence-corrected chi connectivity index (χ1v) is 7.64. The van der Waals surface area contributed by atoms with Crippen LogP contribution in [0.15, 0.2) is 54.9 Å². The topological polar surface area (TPSA) is 50.7 Å². The summed E-state index contributed by atoms with van der Waals surface area (Å²) in [7, 11) is 0. The normalized spacial score (nSPS) is 11.4. The molecule has 1 aromatic carbocycles. The lowest BCUT2D eigenvalue weighted by atomic mass is 10.1. The summed E-state index contributed by atoms with van der Waals surface area (Å²) in [5.74, 6) is 0.531. The van der Waals surface area contributed by atoms with Gasteiger partial charge in [-0.05, 0) is 23.8 Å². The van der Waals surface area contributed by atoms with Crippen molar-refractivity contribution in [1.82, 2.24) is 15.0 Å². The minimum Gasteiger partial charge on any atom is -0.366 e. The smallest absolute Gasteiger partial charge is 0.366 e. The van der Waals surface area contributed by atoms with Crippen LogP contribution < -0.4 is 5.32 Å². The van der Waals surface area contributed by atoms with E-state index in [1.165, 1.54) is 18.2 Å². The number of nitrogens with zero attached hydrogens (tertiary/aromatic N) is 3. The molecule has 25 heavy (non-hydrogen) atoms. The van der Waals surface area contributed by atoms with Gasteiger partial charge < -0.3 is 5.32 Å². The van der Waals surface area contributed by atoms with Gasteiger partial charge in [-0.3, -0.25) is 4.98 Å². The molecule has 0 aliphatic heterocycles. The van der Waals surface area contributed by atoms with Crippen LogP contribution in [0, 0.1) is 0 Å². The van der Waals surface area contributed by atoms with Crippen molar-refractivity contribution in [1.29, 1.82) is 0 Å². The van der Waals surface area contributed by atoms with Gasteiger partial charge in [0.1, 0.15) is 11.0 Å². The summed E-state index contributed by atoms with van der Waals surface area (Å²) in [5.41, 5.74) is 0.401. The Hall–Kier alpha value is -2.67. The summed E-state index contributed by atoms with van der Waals surface area (Å²) in [6.45, 7) is 0.448. The molecule has 1 N–H and O–H groups in total. The van der Waals surface area contributed by atoms with Gasteiger partial charge in [0.15, 0.2) is 5.82 Å². The van der Waals surface area contributed by atoms with Crippen LogP contribution in [0.25, 0.3) is 11.4 Å². The monoisotopic (exact) mass is 364 g/mol. The fourth-order valence-electron chi connectivity index (χ4n) is 2.17. The van der Waals surface area contributed by atoms with Crippen molar-refractivity contribution in [3.63, 3.8) is 0 Å². The molecule has 0 unspecified atom stereocenters. The van der Waals surface area contributed by atoms with Crippen LogP contribution in [0.2, 0.25) is 5.15 Å². The lowest BCUT2D eigenvalue weighted by Crippen LogP contribution is -2.06. The number of nitrogens with one attached hydrogen (secondary N) is 1. The van der Waals surface area contributed by atoms with E-state index in [1.54, 1.807) is 18.5 Å². The molecule has 0 bridgehead atoms. The second kappa shape index (κ2) is 7.06. The molecule has 0 aliphatic carbocycles. The lowest BCUT2D eigenvalue weighted by Gasteiger charge is -2.10. The summed E-state index contributed by atoms with van der Waals surface area (Å²) in [6.07, 6.45) is -1.07. The Morgan fingerprint density at radius 1 is 1.04 bits per heavy atom. The number of halogens is 4. The van der Waals surface area contributed by atoms with E-state index in [4.69, 9.17) is 11.6 Å². The maximum Gasteiger partial charge on any atom is 0.416 e. The van der Waals surface area contributed by atoms with Gasteiger partial charge in [-0.25, -0.2) is 9.97 Å². The Bertz CT molecular complexity index is 869. The quantitative estimate of drug-likeness (QED) is 0.674. The van der Waals surface area contributed by atoms with Crippen LogP contribution in [0.3, 0.4) is 0 Å². The molecule has 128 valence electrons. The van der Waals surface area contributed by atoms with Crippen molar-refractivity contribution in [3.8, 4) is 11.4 Å². The highest BCUT2D eigenvalue weighted by Gasteiger charge is 2.30. The van der Waals surface area contributed by atoms with E-state index in [2.05, 4.69) is 20.3 Å². The molecule has 0 amide bonds. The van der Waals surface area contributed by atoms with Gasteiger partial charge in [-0.15, -0.1) is 0 Å². The van der Waals surface area contributed by atoms with Crippen LogP contribution in [-0.2, 0) is 12.7 Å². The molecular formula is C17H12ClF3N4. The average Bonchev–Trinajstić information content (AvgIpc) is 2.60. The van der Waals surface area contributed by atoms with E-state index in [0.717, 1.165) is 17.7 Å². The molecule has 4 nitrogen and oxygen atoms in total. The molecule has 0 fully saturated rings. The molecule has 3 rings (SSSR count). The van der Waals surface area contributed by atoms with E-state index >= 15 is 0 Å². The van der Waals surface area contributed by atoms with E-state index in [9.17, 15) is 13.2 Å². The molecule has 3 aromatic rings. The highest BCUT2D eigenvalue weighted by atomic mass is 35.5. The molecule has 0 radical (unpaired) electrons. The summed E-state index contributed by atoms with van der Waals surface area (Å²) in [5, 5.41) is 3.19. The van der Waals surface area contributed by atoms with Gasteiger partial charge in [0, 0.05) is 30.6 Å². The number of benzene rings is 1. The molecule has 0 atom stereocenters. The van der Waals surface area contributed by atoms with Crippen molar-refractivity contribution in [2.45, 2.75) is 12.7 Å². The van der Waals surface area contributed by atoms with Gasteiger partial charge >= 0.3 is 6.18 Å². The van der Waals surface area contributed by atoms with Crippen LogP contribution in [0.4, 0.5) is 19.0 Å². The molecule has 0 aliphatic rings. The number of alkyl halides is 3. The molecule has 8 heteroatoms. The van der Waals surface area contributed by atoms with E-state index in [0.29, 0.717) is 12.4 Å². The molecule has 2 aromatic heterocycles.